The monoisotopic (exact) mass is 343 g/mol. The number of likely N-dealkylation sites (N-methyl/N-ethyl adjacent to an activating group) is 1. The topological polar surface area (TPSA) is 79.4 Å². The molecule has 0 bridgehead atoms. The van der Waals surface area contributed by atoms with Crippen LogP contribution in [0.5, 0.6) is 0 Å². The lowest BCUT2D eigenvalue weighted by Gasteiger charge is -2.16. The van der Waals surface area contributed by atoms with E-state index in [4.69, 9.17) is 0 Å². The Kier molecular flexibility index (Phi) is 4.89. The molecule has 0 radical (unpaired) electrons. The van der Waals surface area contributed by atoms with Gasteiger partial charge in [0.15, 0.2) is 5.13 Å². The van der Waals surface area contributed by atoms with Gasteiger partial charge < -0.3 is 5.32 Å². The molecule has 1 N–H and O–H groups in total. The Hall–Kier alpha value is -1.84. The van der Waals surface area contributed by atoms with Crippen LogP contribution in [0.2, 0.25) is 0 Å². The first-order valence-corrected chi connectivity index (χ1v) is 8.49. The number of hydrogen-bond acceptors (Lipinski definition) is 5. The van der Waals surface area contributed by atoms with Crippen molar-refractivity contribution in [2.45, 2.75) is 11.8 Å². The molecule has 0 spiro atoms. The number of sulfonamides is 1. The van der Waals surface area contributed by atoms with Gasteiger partial charge in [0.1, 0.15) is 5.82 Å². The van der Waals surface area contributed by atoms with Crippen LogP contribution in [0.15, 0.2) is 35.4 Å². The molecule has 0 fully saturated rings. The van der Waals surface area contributed by atoms with E-state index in [1.54, 1.807) is 6.20 Å². The average Bonchev–Trinajstić information content (AvgIpc) is 2.84. The first-order chi connectivity index (χ1) is 10.3. The van der Waals surface area contributed by atoms with Crippen LogP contribution in [-0.2, 0) is 14.8 Å². The van der Waals surface area contributed by atoms with Crippen molar-refractivity contribution in [2.75, 3.05) is 18.9 Å². The summed E-state index contributed by atoms with van der Waals surface area (Å²) < 4.78 is 38.2. The fourth-order valence-corrected chi connectivity index (χ4v) is 3.45. The van der Waals surface area contributed by atoms with Crippen molar-refractivity contribution in [1.29, 1.82) is 0 Å². The number of benzene rings is 1. The molecular weight excluding hydrogens is 329 g/mol. The highest BCUT2D eigenvalue weighted by atomic mass is 32.2. The molecule has 0 aliphatic carbocycles. The zero-order valence-electron chi connectivity index (χ0n) is 11.9. The normalized spacial score (nSPS) is 11.6. The highest BCUT2D eigenvalue weighted by Crippen LogP contribution is 2.17. The predicted molar refractivity (Wildman–Crippen MR) is 81.7 cm³/mol. The van der Waals surface area contributed by atoms with E-state index in [0.717, 1.165) is 33.4 Å². The molecule has 1 aromatic carbocycles. The zero-order valence-corrected chi connectivity index (χ0v) is 13.5. The summed E-state index contributed by atoms with van der Waals surface area (Å²) >= 11 is 1.30. The first-order valence-electron chi connectivity index (χ1n) is 6.23. The fourth-order valence-electron chi connectivity index (χ4n) is 1.65. The number of thiazole rings is 1. The van der Waals surface area contributed by atoms with Gasteiger partial charge in [-0.1, -0.05) is 0 Å². The number of anilines is 1. The Morgan fingerprint density at radius 1 is 1.36 bits per heavy atom. The molecule has 9 heteroatoms. The van der Waals surface area contributed by atoms with Gasteiger partial charge in [-0.15, -0.1) is 11.3 Å². The van der Waals surface area contributed by atoms with Crippen molar-refractivity contribution in [3.05, 3.63) is 41.2 Å². The van der Waals surface area contributed by atoms with Gasteiger partial charge in [-0.3, -0.25) is 4.79 Å². The molecule has 0 unspecified atom stereocenters. The third-order valence-corrected chi connectivity index (χ3v) is 5.40. The minimum atomic E-state index is -3.85. The highest BCUT2D eigenvalue weighted by molar-refractivity contribution is 7.89. The van der Waals surface area contributed by atoms with Crippen molar-refractivity contribution in [2.24, 2.45) is 0 Å². The van der Waals surface area contributed by atoms with Crippen molar-refractivity contribution < 1.29 is 17.6 Å². The number of aryl methyl sites for hydroxylation is 1. The van der Waals surface area contributed by atoms with Gasteiger partial charge in [0, 0.05) is 18.1 Å². The van der Waals surface area contributed by atoms with E-state index in [9.17, 15) is 17.6 Å². The SMILES string of the molecule is Cc1cnc(NC(=O)CN(C)S(=O)(=O)c2ccc(F)cc2)s1. The van der Waals surface area contributed by atoms with Gasteiger partial charge >= 0.3 is 0 Å². The fraction of sp³-hybridized carbons (Fsp3) is 0.231. The van der Waals surface area contributed by atoms with Crippen LogP contribution < -0.4 is 5.32 Å². The number of nitrogens with zero attached hydrogens (tertiary/aromatic N) is 2. The smallest absolute Gasteiger partial charge is 0.243 e. The van der Waals surface area contributed by atoms with Crippen molar-refractivity contribution in [1.82, 2.24) is 9.29 Å². The number of carbonyl (C=O) groups is 1. The van der Waals surface area contributed by atoms with Crippen molar-refractivity contribution in [3.63, 3.8) is 0 Å². The van der Waals surface area contributed by atoms with Gasteiger partial charge in [-0.25, -0.2) is 17.8 Å². The molecule has 2 rings (SSSR count). The second-order valence-corrected chi connectivity index (χ2v) is 7.82. The molecule has 22 heavy (non-hydrogen) atoms. The summed E-state index contributed by atoms with van der Waals surface area (Å²) in [5.41, 5.74) is 0. The number of aromatic nitrogens is 1. The van der Waals surface area contributed by atoms with Gasteiger partial charge in [0.2, 0.25) is 15.9 Å². The maximum absolute atomic E-state index is 12.9. The maximum atomic E-state index is 12.9. The molecule has 0 saturated heterocycles. The van der Waals surface area contributed by atoms with Crippen LogP contribution in [0, 0.1) is 12.7 Å². The maximum Gasteiger partial charge on any atom is 0.243 e. The van der Waals surface area contributed by atoms with Gasteiger partial charge in [-0.05, 0) is 31.2 Å². The number of nitrogens with one attached hydrogen (secondary N) is 1. The van der Waals surface area contributed by atoms with E-state index in [-0.39, 0.29) is 11.4 Å². The van der Waals surface area contributed by atoms with E-state index in [0.29, 0.717) is 5.13 Å². The summed E-state index contributed by atoms with van der Waals surface area (Å²) in [5.74, 6) is -1.03. The van der Waals surface area contributed by atoms with E-state index < -0.39 is 21.7 Å². The Bertz CT molecular complexity index is 772. The second kappa shape index (κ2) is 6.51. The van der Waals surface area contributed by atoms with E-state index in [1.165, 1.54) is 18.4 Å². The number of rotatable bonds is 5. The summed E-state index contributed by atoms with van der Waals surface area (Å²) in [4.78, 5) is 16.7. The summed E-state index contributed by atoms with van der Waals surface area (Å²) in [6, 6.07) is 4.42. The van der Waals surface area contributed by atoms with E-state index in [2.05, 4.69) is 10.3 Å². The van der Waals surface area contributed by atoms with Crippen LogP contribution in [0.25, 0.3) is 0 Å². The van der Waals surface area contributed by atoms with Crippen molar-refractivity contribution >= 4 is 32.4 Å². The minimum absolute atomic E-state index is 0.0747. The molecule has 0 atom stereocenters. The molecule has 1 aromatic heterocycles. The Labute approximate surface area is 131 Å². The minimum Gasteiger partial charge on any atom is -0.301 e. The highest BCUT2D eigenvalue weighted by Gasteiger charge is 2.23. The van der Waals surface area contributed by atoms with Gasteiger partial charge in [0.05, 0.1) is 11.4 Å². The molecule has 6 nitrogen and oxygen atoms in total. The third-order valence-electron chi connectivity index (χ3n) is 2.76. The number of carbonyl (C=O) groups excluding carboxylic acids is 1. The van der Waals surface area contributed by atoms with E-state index >= 15 is 0 Å². The molecule has 0 saturated carbocycles. The summed E-state index contributed by atoms with van der Waals surface area (Å²) in [6.45, 7) is 1.48. The predicted octanol–water partition coefficient (Wildman–Crippen LogP) is 1.85. The largest absolute Gasteiger partial charge is 0.301 e. The molecule has 1 heterocycles. The first kappa shape index (κ1) is 16.5. The number of halogens is 1. The number of amides is 1. The molecule has 118 valence electrons. The van der Waals surface area contributed by atoms with Crippen LogP contribution >= 0.6 is 11.3 Å². The average molecular weight is 343 g/mol. The molecule has 0 aliphatic heterocycles. The second-order valence-electron chi connectivity index (χ2n) is 4.54. The lowest BCUT2D eigenvalue weighted by atomic mass is 10.4. The quantitative estimate of drug-likeness (QED) is 0.898. The Balaban J connectivity index is 2.05. The molecular formula is C13H14FN3O3S2. The standard InChI is InChI=1S/C13H14FN3O3S2/c1-9-7-15-13(21-9)16-12(18)8-17(2)22(19,20)11-5-3-10(14)4-6-11/h3-7H,8H2,1-2H3,(H,15,16,18). The van der Waals surface area contributed by atoms with Crippen LogP contribution in [0.4, 0.5) is 9.52 Å². The van der Waals surface area contributed by atoms with E-state index in [1.807, 2.05) is 6.92 Å². The third kappa shape index (κ3) is 3.87. The zero-order chi connectivity index (χ0) is 16.3. The lowest BCUT2D eigenvalue weighted by Crippen LogP contribution is -2.34. The molecule has 2 aromatic rings. The van der Waals surface area contributed by atoms with Gasteiger partial charge in [-0.2, -0.15) is 4.31 Å². The lowest BCUT2D eigenvalue weighted by molar-refractivity contribution is -0.116. The molecule has 1 amide bonds. The number of hydrogen-bond donors (Lipinski definition) is 1. The van der Waals surface area contributed by atoms with Gasteiger partial charge in [0.25, 0.3) is 0 Å². The Morgan fingerprint density at radius 2 is 2.00 bits per heavy atom. The summed E-state index contributed by atoms with van der Waals surface area (Å²) in [5, 5.41) is 2.94. The molecule has 0 aliphatic rings. The summed E-state index contributed by atoms with van der Waals surface area (Å²) in [6.07, 6.45) is 1.61. The van der Waals surface area contributed by atoms with Crippen molar-refractivity contribution in [3.8, 4) is 0 Å². The Morgan fingerprint density at radius 3 is 2.55 bits per heavy atom. The van der Waals surface area contributed by atoms with Crippen LogP contribution in [-0.4, -0.2) is 37.2 Å². The van der Waals surface area contributed by atoms with Crippen LogP contribution in [0.1, 0.15) is 4.88 Å². The summed E-state index contributed by atoms with van der Waals surface area (Å²) in [7, 11) is -2.57. The van der Waals surface area contributed by atoms with Crippen LogP contribution in [0.3, 0.4) is 0 Å².